The first-order valence-electron chi connectivity index (χ1n) is 13.3. The van der Waals surface area contributed by atoms with E-state index in [4.69, 9.17) is 21.4 Å². The molecule has 0 spiro atoms. The highest BCUT2D eigenvalue weighted by atomic mass is 35.5. The fraction of sp³-hybridized carbons (Fsp3) is 0.300. The van der Waals surface area contributed by atoms with Gasteiger partial charge in [0.15, 0.2) is 0 Å². The van der Waals surface area contributed by atoms with Crippen molar-refractivity contribution in [2.24, 2.45) is 7.05 Å². The van der Waals surface area contributed by atoms with Gasteiger partial charge in [0, 0.05) is 63.1 Å². The first kappa shape index (κ1) is 28.5. The van der Waals surface area contributed by atoms with Crippen LogP contribution < -0.4 is 16.2 Å². The van der Waals surface area contributed by atoms with Gasteiger partial charge in [0.2, 0.25) is 0 Å². The predicted octanol–water partition coefficient (Wildman–Crippen LogP) is 4.57. The number of pyridine rings is 1. The minimum atomic E-state index is -0.483. The Morgan fingerprint density at radius 3 is 2.63 bits per heavy atom. The number of rotatable bonds is 8. The largest absolute Gasteiger partial charge is 0.383 e. The van der Waals surface area contributed by atoms with Crippen molar-refractivity contribution in [3.63, 3.8) is 0 Å². The lowest BCUT2D eigenvalue weighted by Crippen LogP contribution is -2.42. The van der Waals surface area contributed by atoms with E-state index in [1.165, 1.54) is 16.7 Å². The van der Waals surface area contributed by atoms with Crippen LogP contribution in [-0.4, -0.2) is 64.7 Å². The van der Waals surface area contributed by atoms with Gasteiger partial charge in [0.25, 0.3) is 5.56 Å². The minimum Gasteiger partial charge on any atom is -0.383 e. The van der Waals surface area contributed by atoms with E-state index in [1.807, 2.05) is 43.3 Å². The molecule has 2 aromatic carbocycles. The Bertz CT molecular complexity index is 1610. The van der Waals surface area contributed by atoms with Gasteiger partial charge in [-0.2, -0.15) is 5.10 Å². The first-order chi connectivity index (χ1) is 19.7. The topological polar surface area (TPSA) is 93.4 Å². The van der Waals surface area contributed by atoms with Crippen molar-refractivity contribution in [1.29, 1.82) is 0 Å². The van der Waals surface area contributed by atoms with Gasteiger partial charge in [0.05, 0.1) is 29.1 Å². The van der Waals surface area contributed by atoms with E-state index in [1.54, 1.807) is 37.2 Å². The number of carbonyl (C=O) groups excluding carboxylic acids is 1. The highest BCUT2D eigenvalue weighted by Crippen LogP contribution is 2.32. The summed E-state index contributed by atoms with van der Waals surface area (Å²) < 4.78 is 22.3. The van der Waals surface area contributed by atoms with Crippen molar-refractivity contribution in [2.45, 2.75) is 18.9 Å². The quantitative estimate of drug-likeness (QED) is 0.319. The molecule has 1 saturated heterocycles. The van der Waals surface area contributed by atoms with Gasteiger partial charge >= 0.3 is 6.03 Å². The summed E-state index contributed by atoms with van der Waals surface area (Å²) in [6.45, 7) is 4.36. The number of anilines is 1. The summed E-state index contributed by atoms with van der Waals surface area (Å²) in [4.78, 5) is 28.1. The third-order valence-electron chi connectivity index (χ3n) is 7.43. The molecule has 3 heterocycles. The number of halogens is 2. The Balaban J connectivity index is 1.44. The summed E-state index contributed by atoms with van der Waals surface area (Å²) in [6.07, 6.45) is 1.69. The second-order valence-electron chi connectivity index (χ2n) is 10.2. The molecular weight excluding hydrogens is 547 g/mol. The van der Waals surface area contributed by atoms with Crippen LogP contribution in [0, 0.1) is 12.7 Å². The zero-order valence-corrected chi connectivity index (χ0v) is 23.9. The summed E-state index contributed by atoms with van der Waals surface area (Å²) >= 11 is 6.10. The lowest BCUT2D eigenvalue weighted by atomic mass is 9.94. The maximum Gasteiger partial charge on any atom is 0.320 e. The third-order valence-corrected chi connectivity index (χ3v) is 7.72. The van der Waals surface area contributed by atoms with Gasteiger partial charge < -0.3 is 14.6 Å². The molecule has 9 nitrogen and oxygen atoms in total. The number of urea groups is 1. The fourth-order valence-corrected chi connectivity index (χ4v) is 5.39. The highest BCUT2D eigenvalue weighted by Gasteiger charge is 2.35. The van der Waals surface area contributed by atoms with E-state index in [-0.39, 0.29) is 22.5 Å². The summed E-state index contributed by atoms with van der Waals surface area (Å²) in [5.41, 5.74) is 3.40. The number of carbonyl (C=O) groups is 1. The van der Waals surface area contributed by atoms with E-state index in [0.29, 0.717) is 48.9 Å². The molecule has 11 heteroatoms. The number of para-hydroxylation sites is 1. The first-order valence-corrected chi connectivity index (χ1v) is 13.7. The molecule has 1 aliphatic rings. The molecule has 2 aromatic heterocycles. The average molecular weight is 579 g/mol. The van der Waals surface area contributed by atoms with Crippen LogP contribution >= 0.6 is 11.6 Å². The molecule has 2 atom stereocenters. The Hall–Kier alpha value is -3.99. The molecule has 0 aliphatic carbocycles. The molecule has 41 heavy (non-hydrogen) atoms. The van der Waals surface area contributed by atoms with Gasteiger partial charge in [-0.05, 0) is 42.8 Å². The van der Waals surface area contributed by atoms with Gasteiger partial charge in [-0.15, -0.1) is 0 Å². The number of ether oxygens (including phenoxy) is 1. The van der Waals surface area contributed by atoms with Crippen LogP contribution in [0.1, 0.15) is 17.0 Å². The number of methoxy groups -OCH3 is 1. The molecule has 2 N–H and O–H groups in total. The molecule has 5 rings (SSSR count). The Kier molecular flexibility index (Phi) is 8.53. The van der Waals surface area contributed by atoms with Crippen molar-refractivity contribution in [3.8, 4) is 16.9 Å². The summed E-state index contributed by atoms with van der Waals surface area (Å²) in [7, 11) is 3.34. The summed E-state index contributed by atoms with van der Waals surface area (Å²) in [5.74, 6) is -0.101. The van der Waals surface area contributed by atoms with Crippen molar-refractivity contribution < 1.29 is 13.9 Å². The number of likely N-dealkylation sites (tertiary alicyclic amines) is 1. The molecule has 0 saturated carbocycles. The number of hydrogen-bond acceptors (Lipinski definition) is 5. The number of nitrogens with zero attached hydrogens (tertiary/aromatic N) is 4. The third kappa shape index (κ3) is 6.19. The number of amides is 2. The summed E-state index contributed by atoms with van der Waals surface area (Å²) in [5, 5.41) is 11.0. The fourth-order valence-electron chi connectivity index (χ4n) is 5.20. The lowest BCUT2D eigenvalue weighted by molar-refractivity contribution is 0.159. The monoisotopic (exact) mass is 578 g/mol. The maximum atomic E-state index is 13.9. The Morgan fingerprint density at radius 1 is 1.15 bits per heavy atom. The smallest absolute Gasteiger partial charge is 0.320 e. The molecule has 1 fully saturated rings. The molecule has 1 aliphatic heterocycles. The SMILES string of the molecule is COCCN1C[C@@H](NC(=O)Nc2c(C)c(-c3ccn(C)c(=O)c3)nn2-c2ccccc2)[C@H](c2ccc(F)c(Cl)c2)C1. The van der Waals surface area contributed by atoms with Gasteiger partial charge in [0.1, 0.15) is 11.6 Å². The Morgan fingerprint density at radius 2 is 1.93 bits per heavy atom. The number of aromatic nitrogens is 3. The highest BCUT2D eigenvalue weighted by molar-refractivity contribution is 6.30. The van der Waals surface area contributed by atoms with E-state index in [9.17, 15) is 14.0 Å². The average Bonchev–Trinajstić information content (AvgIpc) is 3.51. The lowest BCUT2D eigenvalue weighted by Gasteiger charge is -2.21. The number of aryl methyl sites for hydroxylation is 1. The summed E-state index contributed by atoms with van der Waals surface area (Å²) in [6, 6.07) is 16.8. The van der Waals surface area contributed by atoms with Crippen molar-refractivity contribution >= 4 is 23.4 Å². The zero-order valence-electron chi connectivity index (χ0n) is 23.1. The Labute approximate surface area is 242 Å². The second-order valence-corrected chi connectivity index (χ2v) is 10.6. The molecule has 4 aromatic rings. The molecule has 2 amide bonds. The normalized spacial score (nSPS) is 17.1. The molecule has 0 bridgehead atoms. The number of benzene rings is 2. The van der Waals surface area contributed by atoms with Crippen molar-refractivity contribution in [2.75, 3.05) is 38.7 Å². The van der Waals surface area contributed by atoms with Crippen LogP contribution in [0.4, 0.5) is 15.0 Å². The van der Waals surface area contributed by atoms with E-state index < -0.39 is 11.8 Å². The molecule has 0 radical (unpaired) electrons. The van der Waals surface area contributed by atoms with Crippen LogP contribution in [0.25, 0.3) is 16.9 Å². The standard InChI is InChI=1S/C30H32ClFN6O3/c1-19-28(21-11-12-36(2)27(39)16-21)35-38(22-7-5-4-6-8-22)29(19)34-30(40)33-26-18-37(13-14-41-3)17-23(26)20-9-10-25(32)24(31)15-20/h4-12,15-16,23,26H,13-14,17-18H2,1-3H3,(H2,33,34,40)/t23-,26+/m0/s1. The van der Waals surface area contributed by atoms with Crippen LogP contribution in [-0.2, 0) is 11.8 Å². The van der Waals surface area contributed by atoms with E-state index in [0.717, 1.165) is 11.3 Å². The number of nitrogens with one attached hydrogen (secondary N) is 2. The van der Waals surface area contributed by atoms with Crippen LogP contribution in [0.15, 0.2) is 71.7 Å². The van der Waals surface area contributed by atoms with E-state index in [2.05, 4.69) is 15.5 Å². The van der Waals surface area contributed by atoms with Crippen LogP contribution in [0.2, 0.25) is 5.02 Å². The number of hydrogen-bond donors (Lipinski definition) is 2. The molecule has 214 valence electrons. The maximum absolute atomic E-state index is 13.9. The van der Waals surface area contributed by atoms with E-state index >= 15 is 0 Å². The zero-order chi connectivity index (χ0) is 29.1. The van der Waals surface area contributed by atoms with Gasteiger partial charge in [-0.3, -0.25) is 15.0 Å². The van der Waals surface area contributed by atoms with Gasteiger partial charge in [-0.25, -0.2) is 13.9 Å². The molecule has 0 unspecified atom stereocenters. The van der Waals surface area contributed by atoms with Crippen molar-refractivity contribution in [3.05, 3.63) is 99.2 Å². The minimum absolute atomic E-state index is 0.0479. The van der Waals surface area contributed by atoms with Crippen LogP contribution in [0.5, 0.6) is 0 Å². The van der Waals surface area contributed by atoms with Crippen molar-refractivity contribution in [1.82, 2.24) is 24.6 Å². The van der Waals surface area contributed by atoms with Crippen LogP contribution in [0.3, 0.4) is 0 Å². The second kappa shape index (κ2) is 12.3. The molecular formula is C30H32ClFN6O3. The predicted molar refractivity (Wildman–Crippen MR) is 157 cm³/mol. The van der Waals surface area contributed by atoms with Gasteiger partial charge in [-0.1, -0.05) is 35.9 Å².